The van der Waals surface area contributed by atoms with E-state index in [0.29, 0.717) is 11.3 Å². The Morgan fingerprint density at radius 1 is 1.04 bits per heavy atom. The first kappa shape index (κ1) is 17.8. The minimum atomic E-state index is -0.836. The average Bonchev–Trinajstić information content (AvgIpc) is 2.64. The molecule has 132 valence electrons. The van der Waals surface area contributed by atoms with Gasteiger partial charge in [0.05, 0.1) is 5.69 Å². The molecule has 1 heterocycles. The van der Waals surface area contributed by atoms with Crippen LogP contribution >= 0.6 is 0 Å². The molecule has 0 amide bonds. The standard InChI is InChI=1S/C22H25F2N/c1-2-3-16-4-6-17(7-5-16)8-9-18-10-13-22(25-15-18)19-11-12-20(23)21(24)14-19/h2-3,10-17H,4-9H2,1H3. The largest absolute Gasteiger partial charge is 0.256 e. The van der Waals surface area contributed by atoms with E-state index in [1.807, 2.05) is 12.3 Å². The molecule has 1 fully saturated rings. The second-order valence-corrected chi connectivity index (χ2v) is 7.03. The molecule has 0 spiro atoms. The summed E-state index contributed by atoms with van der Waals surface area (Å²) in [5.41, 5.74) is 2.49. The van der Waals surface area contributed by atoms with Gasteiger partial charge in [-0.2, -0.15) is 0 Å². The van der Waals surface area contributed by atoms with E-state index < -0.39 is 11.6 Å². The lowest BCUT2D eigenvalue weighted by Crippen LogP contribution is -2.13. The zero-order chi connectivity index (χ0) is 17.6. The number of aryl methyl sites for hydroxylation is 1. The summed E-state index contributed by atoms with van der Waals surface area (Å²) in [5.74, 6) is -0.0768. The average molecular weight is 341 g/mol. The summed E-state index contributed by atoms with van der Waals surface area (Å²) in [6, 6.07) is 7.84. The number of hydrogen-bond donors (Lipinski definition) is 0. The fourth-order valence-corrected chi connectivity index (χ4v) is 3.71. The molecule has 0 aliphatic heterocycles. The minimum absolute atomic E-state index is 0.604. The molecule has 3 heteroatoms. The van der Waals surface area contributed by atoms with E-state index in [1.165, 1.54) is 43.7 Å². The van der Waals surface area contributed by atoms with Gasteiger partial charge in [-0.25, -0.2) is 8.78 Å². The van der Waals surface area contributed by atoms with Crippen molar-refractivity contribution in [2.24, 2.45) is 11.8 Å². The van der Waals surface area contributed by atoms with Crippen molar-refractivity contribution in [1.29, 1.82) is 0 Å². The molecule has 1 saturated carbocycles. The second kappa shape index (κ2) is 8.37. The van der Waals surface area contributed by atoms with Crippen LogP contribution in [0.15, 0.2) is 48.7 Å². The van der Waals surface area contributed by atoms with Crippen LogP contribution in [0.4, 0.5) is 8.78 Å². The van der Waals surface area contributed by atoms with Crippen LogP contribution in [0.25, 0.3) is 11.3 Å². The predicted molar refractivity (Wildman–Crippen MR) is 98.2 cm³/mol. The monoisotopic (exact) mass is 341 g/mol. The first-order valence-corrected chi connectivity index (χ1v) is 9.19. The van der Waals surface area contributed by atoms with Crippen molar-refractivity contribution in [2.75, 3.05) is 0 Å². The van der Waals surface area contributed by atoms with Crippen LogP contribution in [-0.2, 0) is 6.42 Å². The molecule has 1 aromatic carbocycles. The fourth-order valence-electron chi connectivity index (χ4n) is 3.71. The Kier molecular flexibility index (Phi) is 5.95. The lowest BCUT2D eigenvalue weighted by Gasteiger charge is -2.26. The Morgan fingerprint density at radius 2 is 1.84 bits per heavy atom. The molecule has 1 nitrogen and oxygen atoms in total. The van der Waals surface area contributed by atoms with Crippen LogP contribution in [0.2, 0.25) is 0 Å². The van der Waals surface area contributed by atoms with Gasteiger partial charge in [-0.1, -0.05) is 18.2 Å². The lowest BCUT2D eigenvalue weighted by molar-refractivity contribution is 0.296. The number of halogens is 2. The van der Waals surface area contributed by atoms with E-state index in [1.54, 1.807) is 6.07 Å². The third kappa shape index (κ3) is 4.75. The van der Waals surface area contributed by atoms with Gasteiger partial charge in [0, 0.05) is 11.8 Å². The third-order valence-electron chi connectivity index (χ3n) is 5.24. The molecule has 0 atom stereocenters. The Morgan fingerprint density at radius 3 is 2.48 bits per heavy atom. The summed E-state index contributed by atoms with van der Waals surface area (Å²) in [7, 11) is 0. The maximum absolute atomic E-state index is 13.3. The maximum Gasteiger partial charge on any atom is 0.159 e. The normalized spacial score (nSPS) is 20.9. The highest BCUT2D eigenvalue weighted by Crippen LogP contribution is 2.32. The Labute approximate surface area is 148 Å². The van der Waals surface area contributed by atoms with Crippen molar-refractivity contribution in [3.05, 3.63) is 65.9 Å². The molecule has 1 aromatic heterocycles. The van der Waals surface area contributed by atoms with E-state index in [-0.39, 0.29) is 0 Å². The maximum atomic E-state index is 13.3. The molecule has 3 rings (SSSR count). The highest BCUT2D eigenvalue weighted by molar-refractivity contribution is 5.59. The number of allylic oxidation sites excluding steroid dienone is 2. The molecule has 1 aliphatic rings. The molecule has 0 radical (unpaired) electrons. The zero-order valence-electron chi connectivity index (χ0n) is 14.7. The van der Waals surface area contributed by atoms with Crippen molar-refractivity contribution in [1.82, 2.24) is 4.98 Å². The Balaban J connectivity index is 1.54. The van der Waals surface area contributed by atoms with Crippen LogP contribution in [0, 0.1) is 23.5 Å². The van der Waals surface area contributed by atoms with Crippen molar-refractivity contribution in [3.8, 4) is 11.3 Å². The lowest BCUT2D eigenvalue weighted by atomic mass is 9.79. The number of nitrogens with zero attached hydrogens (tertiary/aromatic N) is 1. The summed E-state index contributed by atoms with van der Waals surface area (Å²) in [6.45, 7) is 2.10. The SMILES string of the molecule is CC=CC1CCC(CCc2ccc(-c3ccc(F)c(F)c3)nc2)CC1. The summed E-state index contributed by atoms with van der Waals surface area (Å²) in [6.07, 6.45) is 13.9. The van der Waals surface area contributed by atoms with Gasteiger partial charge in [-0.15, -0.1) is 0 Å². The number of hydrogen-bond acceptors (Lipinski definition) is 1. The number of aromatic nitrogens is 1. The molecule has 0 saturated heterocycles. The van der Waals surface area contributed by atoms with Crippen molar-refractivity contribution in [3.63, 3.8) is 0 Å². The van der Waals surface area contributed by atoms with Crippen LogP contribution < -0.4 is 0 Å². The van der Waals surface area contributed by atoms with Crippen LogP contribution in [0.1, 0.15) is 44.6 Å². The summed E-state index contributed by atoms with van der Waals surface area (Å²) >= 11 is 0. The molecular weight excluding hydrogens is 316 g/mol. The molecule has 0 unspecified atom stereocenters. The molecule has 0 bridgehead atoms. The molecule has 25 heavy (non-hydrogen) atoms. The van der Waals surface area contributed by atoms with E-state index in [0.717, 1.165) is 24.3 Å². The van der Waals surface area contributed by atoms with Gasteiger partial charge in [0.2, 0.25) is 0 Å². The number of benzene rings is 1. The summed E-state index contributed by atoms with van der Waals surface area (Å²) in [5, 5.41) is 0. The second-order valence-electron chi connectivity index (χ2n) is 7.03. The van der Waals surface area contributed by atoms with Crippen molar-refractivity contribution < 1.29 is 8.78 Å². The van der Waals surface area contributed by atoms with E-state index in [2.05, 4.69) is 30.1 Å². The smallest absolute Gasteiger partial charge is 0.159 e. The van der Waals surface area contributed by atoms with Gasteiger partial charge >= 0.3 is 0 Å². The zero-order valence-corrected chi connectivity index (χ0v) is 14.7. The van der Waals surface area contributed by atoms with Gasteiger partial charge in [-0.05, 0) is 87.1 Å². The Bertz CT molecular complexity index is 713. The van der Waals surface area contributed by atoms with Gasteiger partial charge in [0.15, 0.2) is 11.6 Å². The molecule has 0 N–H and O–H groups in total. The number of rotatable bonds is 5. The van der Waals surface area contributed by atoms with Gasteiger partial charge in [-0.3, -0.25) is 4.98 Å². The first-order valence-electron chi connectivity index (χ1n) is 9.19. The fraction of sp³-hybridized carbons (Fsp3) is 0.409. The van der Waals surface area contributed by atoms with Gasteiger partial charge in [0.25, 0.3) is 0 Å². The first-order chi connectivity index (χ1) is 12.2. The summed E-state index contributed by atoms with van der Waals surface area (Å²) < 4.78 is 26.4. The molecule has 2 aromatic rings. The summed E-state index contributed by atoms with van der Waals surface area (Å²) in [4.78, 5) is 4.42. The minimum Gasteiger partial charge on any atom is -0.256 e. The molecular formula is C22H25F2N. The predicted octanol–water partition coefficient (Wildman–Crippen LogP) is 6.34. The topological polar surface area (TPSA) is 12.9 Å². The van der Waals surface area contributed by atoms with E-state index in [9.17, 15) is 8.78 Å². The quantitative estimate of drug-likeness (QED) is 0.578. The van der Waals surface area contributed by atoms with E-state index in [4.69, 9.17) is 0 Å². The molecule has 1 aliphatic carbocycles. The highest BCUT2D eigenvalue weighted by atomic mass is 19.2. The van der Waals surface area contributed by atoms with Crippen LogP contribution in [0.3, 0.4) is 0 Å². The van der Waals surface area contributed by atoms with Gasteiger partial charge in [0.1, 0.15) is 0 Å². The van der Waals surface area contributed by atoms with Crippen LogP contribution in [0.5, 0.6) is 0 Å². The number of pyridine rings is 1. The van der Waals surface area contributed by atoms with Crippen molar-refractivity contribution in [2.45, 2.75) is 45.4 Å². The van der Waals surface area contributed by atoms with Crippen LogP contribution in [-0.4, -0.2) is 4.98 Å². The highest BCUT2D eigenvalue weighted by Gasteiger charge is 2.19. The van der Waals surface area contributed by atoms with E-state index >= 15 is 0 Å². The van der Waals surface area contributed by atoms with Gasteiger partial charge < -0.3 is 0 Å². The van der Waals surface area contributed by atoms with Crippen molar-refractivity contribution >= 4 is 0 Å². The third-order valence-corrected chi connectivity index (χ3v) is 5.24. The Hall–Kier alpha value is -2.03.